The number of benzene rings is 3. The molecule has 36 heavy (non-hydrogen) atoms. The first kappa shape index (κ1) is 25.9. The number of carbonyl (C=O) groups is 1. The second-order valence-electron chi connectivity index (χ2n) is 10.4. The Kier molecular flexibility index (Phi) is 7.25. The minimum atomic E-state index is -3.76. The van der Waals surface area contributed by atoms with Crippen LogP contribution in [0.15, 0.2) is 65.6 Å². The molecule has 0 unspecified atom stereocenters. The number of hydrogen-bond donors (Lipinski definition) is 2. The maximum Gasteiger partial charge on any atom is 0.341 e. The molecule has 0 heterocycles. The Morgan fingerprint density at radius 1 is 1.06 bits per heavy atom. The van der Waals surface area contributed by atoms with Crippen LogP contribution in [0.1, 0.15) is 61.9 Å². The van der Waals surface area contributed by atoms with Crippen molar-refractivity contribution in [2.45, 2.75) is 63.3 Å². The van der Waals surface area contributed by atoms with Crippen LogP contribution >= 0.6 is 0 Å². The molecule has 2 N–H and O–H groups in total. The van der Waals surface area contributed by atoms with E-state index in [0.717, 1.165) is 28.7 Å². The highest BCUT2D eigenvalue weighted by Crippen LogP contribution is 2.36. The number of rotatable bonds is 7. The van der Waals surface area contributed by atoms with E-state index in [1.807, 2.05) is 18.2 Å². The van der Waals surface area contributed by atoms with Gasteiger partial charge in [-0.25, -0.2) is 17.9 Å². The van der Waals surface area contributed by atoms with Gasteiger partial charge in [0, 0.05) is 6.04 Å². The number of hydrogen-bond acceptors (Lipinski definition) is 4. The molecule has 3 aromatic rings. The molecule has 0 bridgehead atoms. The quantitative estimate of drug-likeness (QED) is 0.423. The zero-order chi connectivity index (χ0) is 26.1. The van der Waals surface area contributed by atoms with Gasteiger partial charge in [0.05, 0.1) is 4.90 Å². The SMILES string of the molecule is Cc1cc(-c2ccc(S(=O)(=O)N[C@@H]3CCCc4c(OCC(=O)O)cccc43)cc2)cc(C(C)(C)C)c1. The second kappa shape index (κ2) is 10.1. The van der Waals surface area contributed by atoms with Crippen molar-refractivity contribution in [3.63, 3.8) is 0 Å². The minimum absolute atomic E-state index is 0.0167. The third kappa shape index (κ3) is 5.79. The summed E-state index contributed by atoms with van der Waals surface area (Å²) in [6, 6.07) is 18.4. The fourth-order valence-electron chi connectivity index (χ4n) is 4.68. The molecule has 0 saturated carbocycles. The first-order valence-electron chi connectivity index (χ1n) is 12.2. The third-order valence-electron chi connectivity index (χ3n) is 6.55. The summed E-state index contributed by atoms with van der Waals surface area (Å²) >= 11 is 0. The van der Waals surface area contributed by atoms with Crippen molar-refractivity contribution in [1.82, 2.24) is 4.72 Å². The van der Waals surface area contributed by atoms with Crippen LogP contribution in [0.3, 0.4) is 0 Å². The summed E-state index contributed by atoms with van der Waals surface area (Å²) < 4.78 is 34.9. The van der Waals surface area contributed by atoms with Gasteiger partial charge in [0.1, 0.15) is 5.75 Å². The molecule has 1 aliphatic rings. The average molecular weight is 508 g/mol. The zero-order valence-electron chi connectivity index (χ0n) is 21.2. The summed E-state index contributed by atoms with van der Waals surface area (Å²) in [6.45, 7) is 8.17. The standard InChI is InChI=1S/C29H33NO5S/c1-19-15-21(17-22(16-19)29(2,3)4)20-11-13-23(14-12-20)36(33,34)30-26-9-5-8-25-24(26)7-6-10-27(25)35-18-28(31)32/h6-7,10-17,26,30H,5,8-9,18H2,1-4H3,(H,31,32)/t26-/m1/s1. The van der Waals surface area contributed by atoms with Crippen molar-refractivity contribution in [3.8, 4) is 16.9 Å². The van der Waals surface area contributed by atoms with E-state index in [9.17, 15) is 13.2 Å². The first-order valence-corrected chi connectivity index (χ1v) is 13.6. The summed E-state index contributed by atoms with van der Waals surface area (Å²) in [6.07, 6.45) is 2.15. The number of fused-ring (bicyclic) bond motifs is 1. The van der Waals surface area contributed by atoms with Crippen LogP contribution in [-0.2, 0) is 26.7 Å². The number of ether oxygens (including phenoxy) is 1. The highest BCUT2D eigenvalue weighted by Gasteiger charge is 2.28. The summed E-state index contributed by atoms with van der Waals surface area (Å²) in [5.74, 6) is -0.555. The monoisotopic (exact) mass is 507 g/mol. The molecule has 0 aliphatic heterocycles. The number of nitrogens with one attached hydrogen (secondary N) is 1. The lowest BCUT2D eigenvalue weighted by Gasteiger charge is -2.27. The van der Waals surface area contributed by atoms with Crippen LogP contribution in [0.25, 0.3) is 11.1 Å². The molecule has 1 aliphatic carbocycles. The van der Waals surface area contributed by atoms with E-state index in [4.69, 9.17) is 9.84 Å². The Hall–Kier alpha value is -3.16. The van der Waals surface area contributed by atoms with Crippen molar-refractivity contribution in [3.05, 3.63) is 82.9 Å². The number of carboxylic acid groups (broad SMARTS) is 1. The van der Waals surface area contributed by atoms with Crippen molar-refractivity contribution < 1.29 is 23.1 Å². The predicted molar refractivity (Wildman–Crippen MR) is 141 cm³/mol. The predicted octanol–water partition coefficient (Wildman–Crippen LogP) is 5.78. The highest BCUT2D eigenvalue weighted by atomic mass is 32.2. The number of sulfonamides is 1. The van der Waals surface area contributed by atoms with Crippen molar-refractivity contribution >= 4 is 16.0 Å². The third-order valence-corrected chi connectivity index (χ3v) is 8.04. The summed E-state index contributed by atoms with van der Waals surface area (Å²) in [4.78, 5) is 11.1. The van der Waals surface area contributed by atoms with Crippen LogP contribution in [0.2, 0.25) is 0 Å². The van der Waals surface area contributed by atoms with Crippen molar-refractivity contribution in [2.75, 3.05) is 6.61 Å². The summed E-state index contributed by atoms with van der Waals surface area (Å²) in [7, 11) is -3.76. The molecule has 0 saturated heterocycles. The van der Waals surface area contributed by atoms with Gasteiger partial charge >= 0.3 is 5.97 Å². The average Bonchev–Trinajstić information content (AvgIpc) is 2.82. The van der Waals surface area contributed by atoms with E-state index in [1.165, 1.54) is 11.1 Å². The zero-order valence-corrected chi connectivity index (χ0v) is 22.0. The van der Waals surface area contributed by atoms with Crippen molar-refractivity contribution in [2.24, 2.45) is 0 Å². The van der Waals surface area contributed by atoms with E-state index in [2.05, 4.69) is 50.6 Å². The molecule has 190 valence electrons. The van der Waals surface area contributed by atoms with Gasteiger partial charge < -0.3 is 9.84 Å². The highest BCUT2D eigenvalue weighted by molar-refractivity contribution is 7.89. The Balaban J connectivity index is 1.57. The lowest BCUT2D eigenvalue weighted by Crippen LogP contribution is -2.31. The molecular weight excluding hydrogens is 474 g/mol. The molecule has 3 aromatic carbocycles. The van der Waals surface area contributed by atoms with Crippen LogP contribution in [-0.4, -0.2) is 26.1 Å². The van der Waals surface area contributed by atoms with Crippen LogP contribution in [0.4, 0.5) is 0 Å². The maximum absolute atomic E-state index is 13.3. The molecule has 6 nitrogen and oxygen atoms in total. The smallest absolute Gasteiger partial charge is 0.341 e. The van der Waals surface area contributed by atoms with Crippen molar-refractivity contribution in [1.29, 1.82) is 0 Å². The van der Waals surface area contributed by atoms with Gasteiger partial charge in [0.2, 0.25) is 10.0 Å². The van der Waals surface area contributed by atoms with Crippen LogP contribution in [0, 0.1) is 6.92 Å². The van der Waals surface area contributed by atoms with E-state index in [-0.39, 0.29) is 10.3 Å². The molecule has 7 heteroatoms. The van der Waals surface area contributed by atoms with Gasteiger partial charge in [-0.3, -0.25) is 0 Å². The van der Waals surface area contributed by atoms with Gasteiger partial charge in [-0.2, -0.15) is 0 Å². The topological polar surface area (TPSA) is 92.7 Å². The van der Waals surface area contributed by atoms with Gasteiger partial charge in [0.25, 0.3) is 0 Å². The van der Waals surface area contributed by atoms with Gasteiger partial charge in [-0.05, 0) is 77.6 Å². The number of aliphatic carboxylic acids is 1. The molecule has 1 atom stereocenters. The van der Waals surface area contributed by atoms with E-state index in [1.54, 1.807) is 24.3 Å². The second-order valence-corrected chi connectivity index (χ2v) is 12.1. The number of aryl methyl sites for hydroxylation is 1. The fourth-order valence-corrected chi connectivity index (χ4v) is 5.93. The molecule has 0 radical (unpaired) electrons. The van der Waals surface area contributed by atoms with E-state index >= 15 is 0 Å². The van der Waals surface area contributed by atoms with Crippen LogP contribution < -0.4 is 9.46 Å². The Morgan fingerprint density at radius 3 is 2.44 bits per heavy atom. The lowest BCUT2D eigenvalue weighted by molar-refractivity contribution is -0.139. The normalized spacial score (nSPS) is 15.8. The Labute approximate surface area is 213 Å². The number of carboxylic acids is 1. The molecule has 4 rings (SSSR count). The van der Waals surface area contributed by atoms with Crippen LogP contribution in [0.5, 0.6) is 5.75 Å². The molecule has 0 spiro atoms. The molecular formula is C29H33NO5S. The van der Waals surface area contributed by atoms with Gasteiger partial charge in [-0.1, -0.05) is 68.8 Å². The minimum Gasteiger partial charge on any atom is -0.482 e. The van der Waals surface area contributed by atoms with Gasteiger partial charge in [-0.15, -0.1) is 0 Å². The fraction of sp³-hybridized carbons (Fsp3) is 0.345. The van der Waals surface area contributed by atoms with E-state index in [0.29, 0.717) is 18.6 Å². The Morgan fingerprint density at radius 2 is 1.78 bits per heavy atom. The summed E-state index contributed by atoms with van der Waals surface area (Å²) in [5, 5.41) is 8.95. The molecule has 0 amide bonds. The molecule has 0 fully saturated rings. The lowest BCUT2D eigenvalue weighted by atomic mass is 9.84. The van der Waals surface area contributed by atoms with E-state index < -0.39 is 28.6 Å². The largest absolute Gasteiger partial charge is 0.482 e. The maximum atomic E-state index is 13.3. The summed E-state index contributed by atoms with van der Waals surface area (Å²) in [5.41, 5.74) is 6.14. The first-order chi connectivity index (χ1) is 16.9. The molecule has 0 aromatic heterocycles. The van der Waals surface area contributed by atoms with Gasteiger partial charge in [0.15, 0.2) is 6.61 Å². The Bertz CT molecular complexity index is 1370.